The Kier molecular flexibility index (Phi) is 2.91. The Bertz CT molecular complexity index is 579. The lowest BCUT2D eigenvalue weighted by molar-refractivity contribution is 0.00578. The maximum Gasteiger partial charge on any atom is 0.516 e. The smallest absolute Gasteiger partial charge is 0.398 e. The van der Waals surface area contributed by atoms with Crippen molar-refractivity contribution in [1.29, 1.82) is 0 Å². The van der Waals surface area contributed by atoms with Crippen molar-refractivity contribution in [2.75, 3.05) is 0 Å². The molecule has 0 saturated carbocycles. The molecule has 6 nitrogen and oxygen atoms in total. The summed E-state index contributed by atoms with van der Waals surface area (Å²) in [5.41, 5.74) is -0.0837. The van der Waals surface area contributed by atoms with Crippen LogP contribution in [0, 0.1) is 0 Å². The number of rotatable bonds is 2. The maximum absolute atomic E-state index is 5.93. The predicted molar refractivity (Wildman–Crippen MR) is 74.9 cm³/mol. The molecule has 0 aromatic carbocycles. The van der Waals surface area contributed by atoms with E-state index in [0.29, 0.717) is 11.4 Å². The summed E-state index contributed by atoms with van der Waals surface area (Å²) in [4.78, 5) is 8.71. The average molecular weight is 272 g/mol. The number of nitrogens with zero attached hydrogens (tertiary/aromatic N) is 4. The van der Waals surface area contributed by atoms with E-state index < -0.39 is 7.12 Å². The molecule has 104 valence electrons. The van der Waals surface area contributed by atoms with E-state index in [9.17, 15) is 0 Å². The van der Waals surface area contributed by atoms with Crippen LogP contribution < -0.4 is 5.59 Å². The molecule has 7 heteroatoms. The molecular weight excluding hydrogens is 255 g/mol. The molecule has 0 radical (unpaired) electrons. The second-order valence-corrected chi connectivity index (χ2v) is 5.84. The van der Waals surface area contributed by atoms with Gasteiger partial charge in [-0.15, -0.1) is 0 Å². The van der Waals surface area contributed by atoms with Gasteiger partial charge in [0.05, 0.1) is 23.0 Å². The first-order chi connectivity index (χ1) is 9.39. The first-order valence-electron chi connectivity index (χ1n) is 6.57. The van der Waals surface area contributed by atoms with Gasteiger partial charge in [0.15, 0.2) is 5.82 Å². The predicted octanol–water partition coefficient (Wildman–Crippen LogP) is 0.961. The number of hydrogen-bond acceptors (Lipinski definition) is 5. The lowest BCUT2D eigenvalue weighted by atomic mass is 9.85. The van der Waals surface area contributed by atoms with Crippen LogP contribution in [0.5, 0.6) is 0 Å². The highest BCUT2D eigenvalue weighted by atomic mass is 16.7. The fraction of sp³-hybridized carbons (Fsp3) is 0.462. The molecule has 0 N–H and O–H groups in total. The van der Waals surface area contributed by atoms with Crippen LogP contribution in [-0.2, 0) is 9.31 Å². The Labute approximate surface area is 118 Å². The van der Waals surface area contributed by atoms with Crippen molar-refractivity contribution in [1.82, 2.24) is 19.7 Å². The molecule has 0 bridgehead atoms. The first-order valence-corrected chi connectivity index (χ1v) is 6.57. The van der Waals surface area contributed by atoms with Crippen molar-refractivity contribution in [3.05, 3.63) is 30.9 Å². The largest absolute Gasteiger partial charge is 0.516 e. The molecule has 0 spiro atoms. The minimum absolute atomic E-state index is 0.375. The molecule has 0 atom stereocenters. The summed E-state index contributed by atoms with van der Waals surface area (Å²) in [5, 5.41) is 4.11. The molecule has 0 aliphatic carbocycles. The summed E-state index contributed by atoms with van der Waals surface area (Å²) >= 11 is 0. The third-order valence-electron chi connectivity index (χ3n) is 3.89. The standard InChI is InChI=1S/C13H17BN4O2/c1-12(2)13(3,4)20-14(19-12)10-8-16-11(9-15-10)18-7-5-6-17-18/h5-9H,1-4H3. The van der Waals surface area contributed by atoms with E-state index in [-0.39, 0.29) is 11.2 Å². The van der Waals surface area contributed by atoms with Gasteiger partial charge in [0, 0.05) is 18.6 Å². The van der Waals surface area contributed by atoms with Crippen LogP contribution in [-0.4, -0.2) is 38.1 Å². The van der Waals surface area contributed by atoms with Crippen molar-refractivity contribution >= 4 is 12.7 Å². The van der Waals surface area contributed by atoms with Gasteiger partial charge in [0.2, 0.25) is 0 Å². The van der Waals surface area contributed by atoms with Gasteiger partial charge >= 0.3 is 7.12 Å². The fourth-order valence-corrected chi connectivity index (χ4v) is 1.94. The zero-order chi connectivity index (χ0) is 14.4. The van der Waals surface area contributed by atoms with Crippen LogP contribution in [0.15, 0.2) is 30.9 Å². The van der Waals surface area contributed by atoms with Gasteiger partial charge in [-0.1, -0.05) is 0 Å². The second kappa shape index (κ2) is 4.39. The molecule has 1 aliphatic heterocycles. The number of hydrogen-bond donors (Lipinski definition) is 0. The van der Waals surface area contributed by atoms with Gasteiger partial charge in [-0.25, -0.2) is 9.67 Å². The number of aromatic nitrogens is 4. The van der Waals surface area contributed by atoms with Crippen molar-refractivity contribution in [2.24, 2.45) is 0 Å². The van der Waals surface area contributed by atoms with E-state index >= 15 is 0 Å². The van der Waals surface area contributed by atoms with Crippen LogP contribution in [0.1, 0.15) is 27.7 Å². The molecule has 1 saturated heterocycles. The Morgan fingerprint density at radius 3 is 2.25 bits per heavy atom. The monoisotopic (exact) mass is 272 g/mol. The highest BCUT2D eigenvalue weighted by Crippen LogP contribution is 2.36. The zero-order valence-corrected chi connectivity index (χ0v) is 12.1. The third-order valence-corrected chi connectivity index (χ3v) is 3.89. The third kappa shape index (κ3) is 2.12. The SMILES string of the molecule is CC1(C)OB(c2cnc(-n3cccn3)cn2)OC1(C)C. The van der Waals surface area contributed by atoms with E-state index in [1.165, 1.54) is 0 Å². The van der Waals surface area contributed by atoms with Crippen LogP contribution in [0.3, 0.4) is 0 Å². The van der Waals surface area contributed by atoms with Gasteiger partial charge in [0.1, 0.15) is 0 Å². The molecule has 1 aliphatic rings. The minimum atomic E-state index is -0.487. The highest BCUT2D eigenvalue weighted by molar-refractivity contribution is 6.61. The summed E-state index contributed by atoms with van der Waals surface area (Å²) in [5.74, 6) is 0.662. The lowest BCUT2D eigenvalue weighted by Gasteiger charge is -2.32. The Hall–Kier alpha value is -1.73. The summed E-state index contributed by atoms with van der Waals surface area (Å²) < 4.78 is 13.5. The quantitative estimate of drug-likeness (QED) is 0.762. The van der Waals surface area contributed by atoms with E-state index in [1.54, 1.807) is 23.3 Å². The van der Waals surface area contributed by atoms with E-state index in [1.807, 2.05) is 40.0 Å². The van der Waals surface area contributed by atoms with Crippen molar-refractivity contribution in [3.8, 4) is 5.82 Å². The van der Waals surface area contributed by atoms with Crippen LogP contribution in [0.2, 0.25) is 0 Å². The minimum Gasteiger partial charge on any atom is -0.398 e. The van der Waals surface area contributed by atoms with E-state index in [2.05, 4.69) is 15.1 Å². The summed E-state index contributed by atoms with van der Waals surface area (Å²) in [6.45, 7) is 8.05. The Morgan fingerprint density at radius 2 is 1.75 bits per heavy atom. The molecule has 2 aromatic rings. The van der Waals surface area contributed by atoms with Crippen molar-refractivity contribution in [2.45, 2.75) is 38.9 Å². The molecule has 0 unspecified atom stereocenters. The van der Waals surface area contributed by atoms with E-state index in [4.69, 9.17) is 9.31 Å². The highest BCUT2D eigenvalue weighted by Gasteiger charge is 2.52. The normalized spacial score (nSPS) is 20.3. The molecule has 1 fully saturated rings. The molecule has 0 amide bonds. The first kappa shape index (κ1) is 13.3. The van der Waals surface area contributed by atoms with E-state index in [0.717, 1.165) is 0 Å². The van der Waals surface area contributed by atoms with Crippen molar-refractivity contribution in [3.63, 3.8) is 0 Å². The zero-order valence-electron chi connectivity index (χ0n) is 12.1. The summed E-state index contributed by atoms with van der Waals surface area (Å²) in [7, 11) is -0.487. The summed E-state index contributed by atoms with van der Waals surface area (Å²) in [6.07, 6.45) is 6.84. The molecule has 3 heterocycles. The average Bonchev–Trinajstić information content (AvgIpc) is 2.97. The second-order valence-electron chi connectivity index (χ2n) is 5.84. The fourth-order valence-electron chi connectivity index (χ4n) is 1.94. The molecule has 20 heavy (non-hydrogen) atoms. The van der Waals surface area contributed by atoms with Gasteiger partial charge < -0.3 is 9.31 Å². The van der Waals surface area contributed by atoms with Gasteiger partial charge in [-0.3, -0.25) is 4.98 Å². The van der Waals surface area contributed by atoms with Crippen LogP contribution >= 0.6 is 0 Å². The Balaban J connectivity index is 1.83. The lowest BCUT2D eigenvalue weighted by Crippen LogP contribution is -2.41. The molecular formula is C13H17BN4O2. The van der Waals surface area contributed by atoms with Gasteiger partial charge in [0.25, 0.3) is 0 Å². The molecule has 2 aromatic heterocycles. The van der Waals surface area contributed by atoms with Gasteiger partial charge in [-0.2, -0.15) is 5.10 Å². The van der Waals surface area contributed by atoms with Gasteiger partial charge in [-0.05, 0) is 33.8 Å². The van der Waals surface area contributed by atoms with Crippen LogP contribution in [0.4, 0.5) is 0 Å². The van der Waals surface area contributed by atoms with Crippen LogP contribution in [0.25, 0.3) is 5.82 Å². The summed E-state index contributed by atoms with van der Waals surface area (Å²) in [6, 6.07) is 1.84. The Morgan fingerprint density at radius 1 is 1.05 bits per heavy atom. The topological polar surface area (TPSA) is 62.1 Å². The molecule has 3 rings (SSSR count). The van der Waals surface area contributed by atoms with Crippen molar-refractivity contribution < 1.29 is 9.31 Å². The maximum atomic E-state index is 5.93.